The number of nitrogens with one attached hydrogen (secondary N) is 2. The maximum absolute atomic E-state index is 13.3. The largest absolute Gasteiger partial charge is 0.417 e. The highest BCUT2D eigenvalue weighted by Crippen LogP contribution is 2.52. The number of benzene rings is 3. The first-order valence-electron chi connectivity index (χ1n) is 14.8. The first-order chi connectivity index (χ1) is 20.9. The lowest BCUT2D eigenvalue weighted by atomic mass is 9.72. The second kappa shape index (κ2) is 12.9. The number of aliphatic hydroxyl groups excluding tert-OH is 1. The van der Waals surface area contributed by atoms with Crippen LogP contribution in [-0.4, -0.2) is 60.5 Å². The summed E-state index contributed by atoms with van der Waals surface area (Å²) in [5.74, 6) is -0.739. The van der Waals surface area contributed by atoms with Crippen LogP contribution in [-0.2, 0) is 11.6 Å². The number of rotatable bonds is 10. The van der Waals surface area contributed by atoms with Crippen molar-refractivity contribution in [2.24, 2.45) is 0 Å². The highest BCUT2D eigenvalue weighted by atomic mass is 19.4. The topological polar surface area (TPSA) is 64.6 Å². The van der Waals surface area contributed by atoms with Gasteiger partial charge in [0.2, 0.25) is 0 Å². The predicted octanol–water partition coefficient (Wildman–Crippen LogP) is 6.51. The molecule has 1 atom stereocenters. The van der Waals surface area contributed by atoms with Gasteiger partial charge in [-0.15, -0.1) is 0 Å². The molecule has 44 heavy (non-hydrogen) atoms. The summed E-state index contributed by atoms with van der Waals surface area (Å²) in [6.07, 6.45) is -7.59. The van der Waals surface area contributed by atoms with Crippen LogP contribution in [0, 0.1) is 0 Å². The van der Waals surface area contributed by atoms with E-state index >= 15 is 0 Å². The Bertz CT molecular complexity index is 1400. The van der Waals surface area contributed by atoms with E-state index in [4.69, 9.17) is 0 Å². The molecule has 1 saturated heterocycles. The molecule has 2 aliphatic rings. The number of piperidine rings is 1. The van der Waals surface area contributed by atoms with E-state index in [9.17, 15) is 36.2 Å². The van der Waals surface area contributed by atoms with Crippen molar-refractivity contribution in [3.05, 3.63) is 95.1 Å². The van der Waals surface area contributed by atoms with Gasteiger partial charge in [-0.25, -0.2) is 0 Å². The summed E-state index contributed by atoms with van der Waals surface area (Å²) in [5, 5.41) is 16.4. The van der Waals surface area contributed by atoms with Crippen molar-refractivity contribution in [3.8, 4) is 11.1 Å². The number of carbonyl (C=O) groups is 1. The first-order valence-corrected chi connectivity index (χ1v) is 14.8. The van der Waals surface area contributed by atoms with Crippen LogP contribution in [0.4, 0.5) is 26.3 Å². The van der Waals surface area contributed by atoms with E-state index in [0.29, 0.717) is 45.3 Å². The third-order valence-electron chi connectivity index (χ3n) is 8.76. The Hall–Kier alpha value is -3.41. The average molecular weight is 620 g/mol. The number of hydrogen-bond acceptors (Lipinski definition) is 4. The molecule has 3 aromatic carbocycles. The third kappa shape index (κ3) is 6.79. The Morgan fingerprint density at radius 2 is 1.43 bits per heavy atom. The fourth-order valence-electron chi connectivity index (χ4n) is 6.68. The molecule has 11 heteroatoms. The van der Waals surface area contributed by atoms with Crippen molar-refractivity contribution in [1.29, 1.82) is 0 Å². The van der Waals surface area contributed by atoms with Gasteiger partial charge >= 0.3 is 12.4 Å². The van der Waals surface area contributed by atoms with E-state index in [1.165, 1.54) is 18.2 Å². The van der Waals surface area contributed by atoms with Gasteiger partial charge < -0.3 is 15.3 Å². The summed E-state index contributed by atoms with van der Waals surface area (Å²) < 4.78 is 79.4. The van der Waals surface area contributed by atoms with E-state index in [-0.39, 0.29) is 6.04 Å². The van der Waals surface area contributed by atoms with Crippen LogP contribution in [0.2, 0.25) is 0 Å². The zero-order valence-electron chi connectivity index (χ0n) is 24.0. The van der Waals surface area contributed by atoms with Crippen LogP contribution in [0.15, 0.2) is 72.8 Å². The number of hydrogen-bond donors (Lipinski definition) is 3. The van der Waals surface area contributed by atoms with Crippen LogP contribution in [0.1, 0.15) is 59.2 Å². The van der Waals surface area contributed by atoms with Crippen LogP contribution >= 0.6 is 0 Å². The molecule has 1 unspecified atom stereocenters. The monoisotopic (exact) mass is 619 g/mol. The van der Waals surface area contributed by atoms with Gasteiger partial charge in [-0.05, 0) is 66.6 Å². The van der Waals surface area contributed by atoms with Crippen molar-refractivity contribution in [2.75, 3.05) is 26.2 Å². The second-order valence-corrected chi connectivity index (χ2v) is 11.6. The minimum atomic E-state index is -4.62. The summed E-state index contributed by atoms with van der Waals surface area (Å²) in [7, 11) is 0. The van der Waals surface area contributed by atoms with Crippen LogP contribution in [0.3, 0.4) is 0 Å². The SMILES string of the molecule is O=C(NC1CCN(CCCCC2(C(O)NCC(F)(F)F)c3ccccc3-c3ccccc32)CC1)c1ccccc1C(F)(F)F. The number of unbranched alkanes of at least 4 members (excludes halogenated alkanes) is 1. The zero-order chi connectivity index (χ0) is 31.5. The Balaban J connectivity index is 1.19. The lowest BCUT2D eigenvalue weighted by Crippen LogP contribution is -2.51. The molecule has 5 rings (SSSR count). The second-order valence-electron chi connectivity index (χ2n) is 11.6. The zero-order valence-corrected chi connectivity index (χ0v) is 24.0. The quantitative estimate of drug-likeness (QED) is 0.138. The minimum Gasteiger partial charge on any atom is -0.377 e. The molecule has 0 aromatic heterocycles. The number of halogens is 6. The number of amides is 1. The maximum Gasteiger partial charge on any atom is 0.417 e. The summed E-state index contributed by atoms with van der Waals surface area (Å²) in [5.41, 5.74) is 0.995. The van der Waals surface area contributed by atoms with Gasteiger partial charge in [0.1, 0.15) is 6.23 Å². The van der Waals surface area contributed by atoms with Gasteiger partial charge in [-0.1, -0.05) is 67.1 Å². The molecule has 5 nitrogen and oxygen atoms in total. The fourth-order valence-corrected chi connectivity index (χ4v) is 6.68. The molecule has 1 heterocycles. The lowest BCUT2D eigenvalue weighted by Gasteiger charge is -2.38. The molecule has 3 N–H and O–H groups in total. The van der Waals surface area contributed by atoms with E-state index in [0.717, 1.165) is 34.7 Å². The first kappa shape index (κ1) is 32.0. The minimum absolute atomic E-state index is 0.246. The van der Waals surface area contributed by atoms with Crippen LogP contribution in [0.25, 0.3) is 11.1 Å². The van der Waals surface area contributed by atoms with E-state index in [2.05, 4.69) is 15.5 Å². The molecule has 0 saturated carbocycles. The Morgan fingerprint density at radius 1 is 0.864 bits per heavy atom. The summed E-state index contributed by atoms with van der Waals surface area (Å²) >= 11 is 0. The van der Waals surface area contributed by atoms with Crippen molar-refractivity contribution in [1.82, 2.24) is 15.5 Å². The molecule has 1 fully saturated rings. The number of carbonyl (C=O) groups excluding carboxylic acids is 1. The number of alkyl halides is 6. The van der Waals surface area contributed by atoms with E-state index in [1.807, 2.05) is 48.5 Å². The lowest BCUT2D eigenvalue weighted by molar-refractivity contribution is -0.138. The number of fused-ring (bicyclic) bond motifs is 3. The Morgan fingerprint density at radius 3 is 2.02 bits per heavy atom. The van der Waals surface area contributed by atoms with Crippen LogP contribution in [0.5, 0.6) is 0 Å². The molecule has 0 radical (unpaired) electrons. The predicted molar refractivity (Wildman–Crippen MR) is 155 cm³/mol. The highest BCUT2D eigenvalue weighted by molar-refractivity contribution is 5.96. The number of aliphatic hydroxyl groups is 1. The van der Waals surface area contributed by atoms with Crippen molar-refractivity contribution < 1.29 is 36.2 Å². The molecule has 3 aromatic rings. The van der Waals surface area contributed by atoms with Gasteiger partial charge in [0, 0.05) is 19.1 Å². The molecule has 1 aliphatic heterocycles. The summed E-state index contributed by atoms with van der Waals surface area (Å²) in [6.45, 7) is 0.702. The summed E-state index contributed by atoms with van der Waals surface area (Å²) in [6, 6.07) is 19.5. The van der Waals surface area contributed by atoms with Crippen molar-refractivity contribution in [2.45, 2.75) is 62.1 Å². The van der Waals surface area contributed by atoms with Gasteiger partial charge in [0.25, 0.3) is 5.91 Å². The molecule has 1 aliphatic carbocycles. The normalized spacial score (nSPS) is 17.6. The van der Waals surface area contributed by atoms with Crippen LogP contribution < -0.4 is 10.6 Å². The molecular formula is C33H35F6N3O2. The number of likely N-dealkylation sites (tertiary alicyclic amines) is 1. The smallest absolute Gasteiger partial charge is 0.377 e. The van der Waals surface area contributed by atoms with Gasteiger partial charge in [-0.3, -0.25) is 10.1 Å². The van der Waals surface area contributed by atoms with Gasteiger partial charge in [0.15, 0.2) is 0 Å². The molecular weight excluding hydrogens is 584 g/mol. The molecule has 0 bridgehead atoms. The Kier molecular flexibility index (Phi) is 9.38. The standard InChI is InChI=1S/C33H35F6N3O2/c34-32(35,36)21-40-30(44)31(26-12-4-1-9-23(26)24-10-2-5-13-27(24)31)17-7-8-18-42-19-15-22(16-20-42)41-29(43)25-11-3-6-14-28(25)33(37,38)39/h1-6,9-14,22,30,40,44H,7-8,15-21H2,(H,41,43). The Labute approximate surface area is 252 Å². The molecule has 1 amide bonds. The summed E-state index contributed by atoms with van der Waals surface area (Å²) in [4.78, 5) is 14.9. The van der Waals surface area contributed by atoms with Gasteiger partial charge in [-0.2, -0.15) is 26.3 Å². The maximum atomic E-state index is 13.3. The van der Waals surface area contributed by atoms with Crippen molar-refractivity contribution in [3.63, 3.8) is 0 Å². The van der Waals surface area contributed by atoms with E-state index < -0.39 is 47.6 Å². The highest BCUT2D eigenvalue weighted by Gasteiger charge is 2.48. The molecule has 0 spiro atoms. The number of nitrogens with zero attached hydrogens (tertiary/aromatic N) is 1. The van der Waals surface area contributed by atoms with E-state index in [1.54, 1.807) is 0 Å². The van der Waals surface area contributed by atoms with Crippen molar-refractivity contribution >= 4 is 5.91 Å². The average Bonchev–Trinajstić information content (AvgIpc) is 3.29. The third-order valence-corrected chi connectivity index (χ3v) is 8.76. The van der Waals surface area contributed by atoms with Gasteiger partial charge in [0.05, 0.1) is 23.1 Å². The molecule has 236 valence electrons. The fraction of sp³-hybridized carbons (Fsp3) is 0.424.